The summed E-state index contributed by atoms with van der Waals surface area (Å²) in [6.45, 7) is 5.26. The van der Waals surface area contributed by atoms with Crippen LogP contribution in [0, 0.1) is 6.92 Å². The zero-order valence-corrected chi connectivity index (χ0v) is 16.6. The normalized spacial score (nSPS) is 12.2. The van der Waals surface area contributed by atoms with Crippen molar-refractivity contribution in [2.75, 3.05) is 40.5 Å². The molecule has 0 fully saturated rings. The number of aliphatic hydroxyl groups is 1. The lowest BCUT2D eigenvalue weighted by Gasteiger charge is -2.25. The molecule has 0 saturated carbocycles. The number of methoxy groups -OCH3 is 2. The van der Waals surface area contributed by atoms with E-state index in [1.807, 2.05) is 24.3 Å². The first-order valence-corrected chi connectivity index (χ1v) is 9.32. The number of ether oxygens (including phenoxy) is 3. The van der Waals surface area contributed by atoms with Gasteiger partial charge in [-0.2, -0.15) is 0 Å². The van der Waals surface area contributed by atoms with Gasteiger partial charge in [-0.05, 0) is 43.2 Å². The van der Waals surface area contributed by atoms with Crippen molar-refractivity contribution in [2.45, 2.75) is 26.0 Å². The molecule has 2 aromatic carbocycles. The monoisotopic (exact) mass is 373 g/mol. The number of nitrogens with zero attached hydrogens (tertiary/aromatic N) is 1. The Morgan fingerprint density at radius 1 is 1.04 bits per heavy atom. The molecule has 1 unspecified atom stereocenters. The van der Waals surface area contributed by atoms with Gasteiger partial charge in [0.2, 0.25) is 0 Å². The van der Waals surface area contributed by atoms with E-state index < -0.39 is 6.10 Å². The number of aryl methyl sites for hydroxylation is 1. The van der Waals surface area contributed by atoms with E-state index in [0.29, 0.717) is 13.2 Å². The zero-order chi connectivity index (χ0) is 19.5. The Morgan fingerprint density at radius 2 is 1.78 bits per heavy atom. The first-order valence-electron chi connectivity index (χ1n) is 9.32. The van der Waals surface area contributed by atoms with Gasteiger partial charge in [-0.1, -0.05) is 29.8 Å². The van der Waals surface area contributed by atoms with E-state index in [0.717, 1.165) is 31.0 Å². The molecule has 148 valence electrons. The lowest BCUT2D eigenvalue weighted by Crippen LogP contribution is -2.36. The number of hydrogen-bond acceptors (Lipinski definition) is 5. The van der Waals surface area contributed by atoms with Crippen molar-refractivity contribution in [3.63, 3.8) is 0 Å². The molecule has 1 atom stereocenters. The molecule has 2 aromatic rings. The van der Waals surface area contributed by atoms with E-state index in [4.69, 9.17) is 14.2 Å². The van der Waals surface area contributed by atoms with Crippen molar-refractivity contribution in [3.8, 4) is 11.5 Å². The van der Waals surface area contributed by atoms with Gasteiger partial charge < -0.3 is 19.3 Å². The molecule has 0 spiro atoms. The van der Waals surface area contributed by atoms with Crippen molar-refractivity contribution in [1.29, 1.82) is 0 Å². The minimum atomic E-state index is -0.570. The third-order valence-electron chi connectivity index (χ3n) is 4.28. The van der Waals surface area contributed by atoms with E-state index in [1.165, 1.54) is 11.1 Å². The maximum absolute atomic E-state index is 10.4. The Kier molecular flexibility index (Phi) is 9.11. The molecule has 5 nitrogen and oxygen atoms in total. The zero-order valence-electron chi connectivity index (χ0n) is 16.6. The molecule has 27 heavy (non-hydrogen) atoms. The van der Waals surface area contributed by atoms with Crippen LogP contribution in [0.4, 0.5) is 0 Å². The van der Waals surface area contributed by atoms with Crippen LogP contribution in [-0.2, 0) is 11.3 Å². The third-order valence-corrected chi connectivity index (χ3v) is 4.28. The Hall–Kier alpha value is -2.08. The van der Waals surface area contributed by atoms with Gasteiger partial charge in [-0.15, -0.1) is 0 Å². The highest BCUT2D eigenvalue weighted by atomic mass is 16.5. The molecule has 0 heterocycles. The van der Waals surface area contributed by atoms with Crippen LogP contribution in [0.3, 0.4) is 0 Å². The van der Waals surface area contributed by atoms with Gasteiger partial charge in [-0.3, -0.25) is 4.90 Å². The summed E-state index contributed by atoms with van der Waals surface area (Å²) in [7, 11) is 3.34. The highest BCUT2D eigenvalue weighted by Gasteiger charge is 2.13. The van der Waals surface area contributed by atoms with Crippen molar-refractivity contribution in [2.24, 2.45) is 0 Å². The summed E-state index contributed by atoms with van der Waals surface area (Å²) in [4.78, 5) is 2.25. The number of rotatable bonds is 12. The molecule has 5 heteroatoms. The van der Waals surface area contributed by atoms with Gasteiger partial charge >= 0.3 is 0 Å². The van der Waals surface area contributed by atoms with E-state index in [-0.39, 0.29) is 6.61 Å². The molecule has 0 aliphatic carbocycles. The van der Waals surface area contributed by atoms with Gasteiger partial charge in [0.25, 0.3) is 0 Å². The molecule has 1 N–H and O–H groups in total. The van der Waals surface area contributed by atoms with Gasteiger partial charge in [0.15, 0.2) is 0 Å². The highest BCUT2D eigenvalue weighted by Crippen LogP contribution is 2.17. The van der Waals surface area contributed by atoms with Crippen LogP contribution in [0.2, 0.25) is 0 Å². The highest BCUT2D eigenvalue weighted by molar-refractivity contribution is 5.31. The van der Waals surface area contributed by atoms with Crippen molar-refractivity contribution < 1.29 is 19.3 Å². The van der Waals surface area contributed by atoms with Gasteiger partial charge in [0.1, 0.15) is 24.2 Å². The Morgan fingerprint density at radius 3 is 2.44 bits per heavy atom. The number of aliphatic hydroxyl groups excluding tert-OH is 1. The summed E-state index contributed by atoms with van der Waals surface area (Å²) < 4.78 is 16.0. The molecule has 0 aliphatic rings. The molecule has 0 radical (unpaired) electrons. The van der Waals surface area contributed by atoms with E-state index >= 15 is 0 Å². The van der Waals surface area contributed by atoms with E-state index in [1.54, 1.807) is 14.2 Å². The topological polar surface area (TPSA) is 51.2 Å². The standard InChI is InChI=1S/C22H31NO4/c1-18-6-4-7-19(14-18)15-23(12-5-13-25-2)16-20(24)17-27-22-10-8-21(26-3)9-11-22/h4,6-11,14,20,24H,5,12-13,15-17H2,1-3H3. The average Bonchev–Trinajstić information content (AvgIpc) is 2.67. The first kappa shape index (κ1) is 21.2. The lowest BCUT2D eigenvalue weighted by molar-refractivity contribution is 0.0617. The fourth-order valence-corrected chi connectivity index (χ4v) is 2.95. The third kappa shape index (κ3) is 7.99. The minimum Gasteiger partial charge on any atom is -0.497 e. The SMILES string of the molecule is COCCCN(Cc1cccc(C)c1)CC(O)COc1ccc(OC)cc1. The molecular weight excluding hydrogens is 342 g/mol. The van der Waals surface area contributed by atoms with Crippen molar-refractivity contribution in [3.05, 3.63) is 59.7 Å². The quantitative estimate of drug-likeness (QED) is 0.579. The second-order valence-electron chi connectivity index (χ2n) is 6.71. The summed E-state index contributed by atoms with van der Waals surface area (Å²) in [6.07, 6.45) is 0.355. The predicted octanol–water partition coefficient (Wildman–Crippen LogP) is 3.28. The summed E-state index contributed by atoms with van der Waals surface area (Å²) in [6, 6.07) is 15.8. The van der Waals surface area contributed by atoms with Crippen LogP contribution in [0.1, 0.15) is 17.5 Å². The summed E-state index contributed by atoms with van der Waals surface area (Å²) in [5.41, 5.74) is 2.49. The van der Waals surface area contributed by atoms with Crippen LogP contribution in [0.15, 0.2) is 48.5 Å². The molecule has 0 amide bonds. The Bertz CT molecular complexity index is 660. The van der Waals surface area contributed by atoms with Gasteiger partial charge in [0, 0.05) is 33.4 Å². The van der Waals surface area contributed by atoms with Crippen molar-refractivity contribution >= 4 is 0 Å². The fourth-order valence-electron chi connectivity index (χ4n) is 2.95. The summed E-state index contributed by atoms with van der Waals surface area (Å²) >= 11 is 0. The Balaban J connectivity index is 1.87. The number of benzene rings is 2. The second kappa shape index (κ2) is 11.6. The van der Waals surface area contributed by atoms with Crippen LogP contribution in [0.25, 0.3) is 0 Å². The number of hydrogen-bond donors (Lipinski definition) is 1. The minimum absolute atomic E-state index is 0.251. The summed E-state index contributed by atoms with van der Waals surface area (Å²) in [5.74, 6) is 1.50. The molecular formula is C22H31NO4. The molecule has 0 saturated heterocycles. The van der Waals surface area contributed by atoms with Gasteiger partial charge in [-0.25, -0.2) is 0 Å². The largest absolute Gasteiger partial charge is 0.497 e. The van der Waals surface area contributed by atoms with Gasteiger partial charge in [0.05, 0.1) is 7.11 Å². The fraction of sp³-hybridized carbons (Fsp3) is 0.455. The van der Waals surface area contributed by atoms with Crippen molar-refractivity contribution in [1.82, 2.24) is 4.90 Å². The maximum atomic E-state index is 10.4. The molecule has 2 rings (SSSR count). The average molecular weight is 373 g/mol. The molecule has 0 bridgehead atoms. The summed E-state index contributed by atoms with van der Waals surface area (Å²) in [5, 5.41) is 10.4. The predicted molar refractivity (Wildman–Crippen MR) is 107 cm³/mol. The van der Waals surface area contributed by atoms with Crippen LogP contribution in [0.5, 0.6) is 11.5 Å². The van der Waals surface area contributed by atoms with Crippen LogP contribution in [-0.4, -0.2) is 56.6 Å². The van der Waals surface area contributed by atoms with Crippen LogP contribution < -0.4 is 9.47 Å². The van der Waals surface area contributed by atoms with Crippen LogP contribution >= 0.6 is 0 Å². The first-order chi connectivity index (χ1) is 13.1. The van der Waals surface area contributed by atoms with E-state index in [2.05, 4.69) is 36.1 Å². The Labute approximate surface area is 162 Å². The smallest absolute Gasteiger partial charge is 0.119 e. The molecule has 0 aliphatic heterocycles. The van der Waals surface area contributed by atoms with E-state index in [9.17, 15) is 5.11 Å². The second-order valence-corrected chi connectivity index (χ2v) is 6.71. The lowest BCUT2D eigenvalue weighted by atomic mass is 10.1. The maximum Gasteiger partial charge on any atom is 0.119 e. The molecule has 0 aromatic heterocycles.